The summed E-state index contributed by atoms with van der Waals surface area (Å²) in [6.45, 7) is 3.30. The van der Waals surface area contributed by atoms with Gasteiger partial charge < -0.3 is 4.90 Å². The van der Waals surface area contributed by atoms with Crippen LogP contribution in [0.3, 0.4) is 0 Å². The molecule has 0 spiro atoms. The molecule has 5 heteroatoms. The summed E-state index contributed by atoms with van der Waals surface area (Å²) in [4.78, 5) is 12.0. The van der Waals surface area contributed by atoms with Crippen molar-refractivity contribution in [2.45, 2.75) is 24.3 Å². The third-order valence-electron chi connectivity index (χ3n) is 4.11. The predicted molar refractivity (Wildman–Crippen MR) is 95.1 cm³/mol. The monoisotopic (exact) mass is 373 g/mol. The summed E-state index contributed by atoms with van der Waals surface area (Å²) in [6, 6.07) is 14.8. The Morgan fingerprint density at radius 2 is 2.00 bits per heavy atom. The number of halogens is 1. The van der Waals surface area contributed by atoms with E-state index in [0.29, 0.717) is 5.25 Å². The van der Waals surface area contributed by atoms with Crippen LogP contribution in [-0.4, -0.2) is 26.8 Å². The highest BCUT2D eigenvalue weighted by Crippen LogP contribution is 2.48. The number of rotatable bonds is 2. The van der Waals surface area contributed by atoms with E-state index in [2.05, 4.69) is 63.1 Å². The summed E-state index contributed by atoms with van der Waals surface area (Å²) in [6.07, 6.45) is 1.85. The van der Waals surface area contributed by atoms with Crippen molar-refractivity contribution in [1.29, 1.82) is 0 Å². The van der Waals surface area contributed by atoms with Gasteiger partial charge in [0.15, 0.2) is 5.17 Å². The number of amidine groups is 1. The average molecular weight is 374 g/mol. The molecule has 3 nitrogen and oxygen atoms in total. The van der Waals surface area contributed by atoms with Crippen LogP contribution in [0.25, 0.3) is 0 Å². The molecule has 0 saturated carbocycles. The molecular weight excluding hydrogens is 358 g/mol. The quantitative estimate of drug-likeness (QED) is 0.779. The van der Waals surface area contributed by atoms with Gasteiger partial charge in [-0.25, -0.2) is 0 Å². The zero-order valence-corrected chi connectivity index (χ0v) is 14.6. The molecule has 0 N–H and O–H groups in total. The van der Waals surface area contributed by atoms with E-state index in [1.807, 2.05) is 30.1 Å². The first-order valence-electron chi connectivity index (χ1n) is 7.40. The normalized spacial score (nSPS) is 26.9. The number of hydrogen-bond donors (Lipinski definition) is 0. The fourth-order valence-corrected chi connectivity index (χ4v) is 4.78. The number of nitrogens with zero attached hydrogens (tertiary/aromatic N) is 3. The number of fused-ring (bicyclic) bond motifs is 1. The van der Waals surface area contributed by atoms with Crippen molar-refractivity contribution in [2.75, 3.05) is 6.54 Å². The number of aromatic nitrogens is 1. The van der Waals surface area contributed by atoms with Crippen molar-refractivity contribution in [3.8, 4) is 0 Å². The first-order valence-corrected chi connectivity index (χ1v) is 9.08. The molecule has 2 aliphatic rings. The van der Waals surface area contributed by atoms with E-state index in [9.17, 15) is 0 Å². The van der Waals surface area contributed by atoms with Crippen molar-refractivity contribution < 1.29 is 0 Å². The minimum atomic E-state index is 0.0647. The van der Waals surface area contributed by atoms with Crippen molar-refractivity contribution in [3.05, 3.63) is 64.4 Å². The van der Waals surface area contributed by atoms with Crippen LogP contribution < -0.4 is 0 Å². The molecule has 1 aromatic heterocycles. The van der Waals surface area contributed by atoms with Gasteiger partial charge in [0.1, 0.15) is 6.04 Å². The first kappa shape index (κ1) is 14.3. The van der Waals surface area contributed by atoms with Gasteiger partial charge in [0, 0.05) is 22.5 Å². The SMILES string of the molecule is CC1CN2C(=NC(c3ccccn3)C2c2ccccc2Br)S1. The zero-order chi connectivity index (χ0) is 15.1. The molecule has 1 aromatic carbocycles. The Morgan fingerprint density at radius 1 is 1.18 bits per heavy atom. The molecule has 0 radical (unpaired) electrons. The summed E-state index contributed by atoms with van der Waals surface area (Å²) < 4.78 is 1.14. The van der Waals surface area contributed by atoms with Crippen LogP contribution in [0.5, 0.6) is 0 Å². The van der Waals surface area contributed by atoms with E-state index >= 15 is 0 Å². The van der Waals surface area contributed by atoms with Crippen LogP contribution in [0.1, 0.15) is 30.3 Å². The van der Waals surface area contributed by atoms with Crippen LogP contribution in [0, 0.1) is 0 Å². The van der Waals surface area contributed by atoms with Crippen LogP contribution in [0.15, 0.2) is 58.1 Å². The molecule has 1 fully saturated rings. The summed E-state index contributed by atoms with van der Waals surface area (Å²) in [5.41, 5.74) is 2.32. The minimum Gasteiger partial charge on any atom is -0.341 e. The van der Waals surface area contributed by atoms with Gasteiger partial charge in [-0.2, -0.15) is 0 Å². The number of pyridine rings is 1. The topological polar surface area (TPSA) is 28.5 Å². The van der Waals surface area contributed by atoms with Gasteiger partial charge >= 0.3 is 0 Å². The lowest BCUT2D eigenvalue weighted by atomic mass is 9.96. The molecule has 2 aliphatic heterocycles. The molecule has 3 unspecified atom stereocenters. The highest BCUT2D eigenvalue weighted by atomic mass is 79.9. The zero-order valence-electron chi connectivity index (χ0n) is 12.2. The lowest BCUT2D eigenvalue weighted by Crippen LogP contribution is -2.28. The molecule has 0 aliphatic carbocycles. The van der Waals surface area contributed by atoms with Gasteiger partial charge in [0.25, 0.3) is 0 Å². The van der Waals surface area contributed by atoms with Gasteiger partial charge in [-0.15, -0.1) is 0 Å². The Morgan fingerprint density at radius 3 is 2.77 bits per heavy atom. The minimum absolute atomic E-state index is 0.0647. The van der Waals surface area contributed by atoms with Crippen LogP contribution in [0.2, 0.25) is 0 Å². The van der Waals surface area contributed by atoms with E-state index in [0.717, 1.165) is 21.9 Å². The molecule has 0 bridgehead atoms. The maximum atomic E-state index is 4.99. The molecule has 2 aromatic rings. The van der Waals surface area contributed by atoms with E-state index < -0.39 is 0 Å². The summed E-state index contributed by atoms with van der Waals surface area (Å²) in [7, 11) is 0. The van der Waals surface area contributed by atoms with Crippen LogP contribution >= 0.6 is 27.7 Å². The van der Waals surface area contributed by atoms with Gasteiger partial charge in [0.2, 0.25) is 0 Å². The fraction of sp³-hybridized carbons (Fsp3) is 0.294. The maximum absolute atomic E-state index is 4.99. The molecule has 0 amide bonds. The molecular formula is C17H16BrN3S. The molecule has 3 atom stereocenters. The summed E-state index contributed by atoms with van der Waals surface area (Å²) in [5.74, 6) is 0. The van der Waals surface area contributed by atoms with Crippen LogP contribution in [-0.2, 0) is 0 Å². The number of benzene rings is 1. The van der Waals surface area contributed by atoms with Crippen molar-refractivity contribution in [1.82, 2.24) is 9.88 Å². The Labute approximate surface area is 143 Å². The number of thioether (sulfide) groups is 1. The largest absolute Gasteiger partial charge is 0.341 e. The molecule has 4 rings (SSSR count). The summed E-state index contributed by atoms with van der Waals surface area (Å²) in [5, 5.41) is 1.75. The molecule has 22 heavy (non-hydrogen) atoms. The Kier molecular flexibility index (Phi) is 3.70. The maximum Gasteiger partial charge on any atom is 0.160 e. The third kappa shape index (κ3) is 2.36. The van der Waals surface area contributed by atoms with E-state index in [1.54, 1.807) is 0 Å². The lowest BCUT2D eigenvalue weighted by Gasteiger charge is -2.28. The average Bonchev–Trinajstić information content (AvgIpc) is 3.05. The fourth-order valence-electron chi connectivity index (χ4n) is 3.17. The molecule has 112 valence electrons. The second-order valence-corrected chi connectivity index (χ2v) is 7.92. The van der Waals surface area contributed by atoms with Crippen molar-refractivity contribution in [3.63, 3.8) is 0 Å². The van der Waals surface area contributed by atoms with Gasteiger partial charge in [-0.05, 0) is 23.8 Å². The van der Waals surface area contributed by atoms with Gasteiger partial charge in [-0.1, -0.05) is 58.9 Å². The highest BCUT2D eigenvalue weighted by molar-refractivity contribution is 9.10. The first-order chi connectivity index (χ1) is 10.7. The highest BCUT2D eigenvalue weighted by Gasteiger charge is 2.43. The van der Waals surface area contributed by atoms with E-state index in [-0.39, 0.29) is 12.1 Å². The summed E-state index contributed by atoms with van der Waals surface area (Å²) >= 11 is 5.59. The van der Waals surface area contributed by atoms with Gasteiger partial charge in [-0.3, -0.25) is 9.98 Å². The lowest BCUT2D eigenvalue weighted by molar-refractivity contribution is 0.320. The number of aliphatic imine (C=N–C) groups is 1. The smallest absolute Gasteiger partial charge is 0.160 e. The van der Waals surface area contributed by atoms with Crippen LogP contribution in [0.4, 0.5) is 0 Å². The Balaban J connectivity index is 1.81. The van der Waals surface area contributed by atoms with Crippen molar-refractivity contribution >= 4 is 32.9 Å². The van der Waals surface area contributed by atoms with E-state index in [1.165, 1.54) is 5.56 Å². The molecule has 1 saturated heterocycles. The second kappa shape index (κ2) is 5.70. The Bertz CT molecular complexity index is 719. The second-order valence-electron chi connectivity index (χ2n) is 5.66. The standard InChI is InChI=1S/C17H16BrN3S/c1-11-10-21-16(12-6-2-3-7-13(12)18)15(20-17(21)22-11)14-8-4-5-9-19-14/h2-9,11,15-16H,10H2,1H3. The predicted octanol–water partition coefficient (Wildman–Crippen LogP) is 4.43. The molecule has 3 heterocycles. The van der Waals surface area contributed by atoms with Crippen molar-refractivity contribution in [2.24, 2.45) is 4.99 Å². The Hall–Kier alpha value is -1.33. The van der Waals surface area contributed by atoms with E-state index in [4.69, 9.17) is 4.99 Å². The third-order valence-corrected chi connectivity index (χ3v) is 5.93. The van der Waals surface area contributed by atoms with Gasteiger partial charge in [0.05, 0.1) is 11.7 Å². The number of hydrogen-bond acceptors (Lipinski definition) is 4.